The minimum atomic E-state index is -0.737. The molecule has 0 fully saturated rings. The van der Waals surface area contributed by atoms with Gasteiger partial charge in [-0.25, -0.2) is 9.80 Å². The van der Waals surface area contributed by atoms with Gasteiger partial charge in [-0.05, 0) is 19.1 Å². The number of carbonyl (C=O) groups is 2. The summed E-state index contributed by atoms with van der Waals surface area (Å²) in [5, 5.41) is 8.42. The van der Waals surface area contributed by atoms with Crippen molar-refractivity contribution in [3.63, 3.8) is 0 Å². The van der Waals surface area contributed by atoms with Crippen LogP contribution in [0.3, 0.4) is 0 Å². The summed E-state index contributed by atoms with van der Waals surface area (Å²) in [4.78, 5) is 24.1. The van der Waals surface area contributed by atoms with Crippen LogP contribution in [0.15, 0.2) is 12.4 Å². The third kappa shape index (κ3) is 2.56. The molecule has 0 radical (unpaired) electrons. The molecule has 0 bridgehead atoms. The van der Waals surface area contributed by atoms with Crippen LogP contribution in [-0.2, 0) is 14.3 Å². The highest BCUT2D eigenvalue weighted by Gasteiger charge is 2.26. The van der Waals surface area contributed by atoms with E-state index < -0.39 is 12.0 Å². The molecule has 1 amide bonds. The second kappa shape index (κ2) is 5.24. The Morgan fingerprint density at radius 2 is 2.25 bits per heavy atom. The van der Waals surface area contributed by atoms with Crippen LogP contribution in [0, 0.1) is 0 Å². The average molecular weight is 226 g/mol. The van der Waals surface area contributed by atoms with Gasteiger partial charge in [-0.3, -0.25) is 4.79 Å². The Labute approximate surface area is 92.9 Å². The van der Waals surface area contributed by atoms with Crippen LogP contribution in [0.4, 0.5) is 0 Å². The van der Waals surface area contributed by atoms with Gasteiger partial charge in [0.2, 0.25) is 5.91 Å². The van der Waals surface area contributed by atoms with Gasteiger partial charge in [0.15, 0.2) is 0 Å². The van der Waals surface area contributed by atoms with Crippen LogP contribution in [0.25, 0.3) is 0 Å². The molecule has 0 unspecified atom stereocenters. The van der Waals surface area contributed by atoms with Crippen molar-refractivity contribution in [3.05, 3.63) is 12.4 Å². The molecular weight excluding hydrogens is 212 g/mol. The summed E-state index contributed by atoms with van der Waals surface area (Å²) in [5.74, 6) is -0.792. The molecule has 0 saturated carbocycles. The maximum Gasteiger partial charge on any atom is 0.330 e. The number of amides is 1. The van der Waals surface area contributed by atoms with Crippen molar-refractivity contribution in [1.82, 2.24) is 15.1 Å². The van der Waals surface area contributed by atoms with E-state index in [1.807, 2.05) is 0 Å². The standard InChI is InChI=1S/C9H14N4O3/c1-4-16-9(15)7(2)13(8(3)14)12-6-5-10-11-12/h5-7H,4H2,1-3H3/t7-/m0/s1. The van der Waals surface area contributed by atoms with E-state index in [0.717, 1.165) is 0 Å². The number of hydrogen-bond acceptors (Lipinski definition) is 5. The quantitative estimate of drug-likeness (QED) is 0.659. The number of nitrogens with zero attached hydrogens (tertiary/aromatic N) is 4. The molecule has 16 heavy (non-hydrogen) atoms. The van der Waals surface area contributed by atoms with E-state index in [-0.39, 0.29) is 12.5 Å². The first-order valence-corrected chi connectivity index (χ1v) is 4.91. The Balaban J connectivity index is 2.87. The first kappa shape index (κ1) is 12.2. The van der Waals surface area contributed by atoms with Crippen molar-refractivity contribution in [3.8, 4) is 0 Å². The van der Waals surface area contributed by atoms with Gasteiger partial charge < -0.3 is 4.74 Å². The lowest BCUT2D eigenvalue weighted by Gasteiger charge is -2.25. The first-order chi connectivity index (χ1) is 7.57. The maximum absolute atomic E-state index is 11.5. The van der Waals surface area contributed by atoms with Gasteiger partial charge in [0.25, 0.3) is 0 Å². The van der Waals surface area contributed by atoms with Crippen LogP contribution in [0.1, 0.15) is 20.8 Å². The molecule has 0 aliphatic heterocycles. The van der Waals surface area contributed by atoms with E-state index in [1.165, 1.54) is 29.1 Å². The zero-order valence-corrected chi connectivity index (χ0v) is 9.45. The first-order valence-electron chi connectivity index (χ1n) is 4.91. The number of rotatable bonds is 4. The van der Waals surface area contributed by atoms with E-state index in [0.29, 0.717) is 0 Å². The van der Waals surface area contributed by atoms with E-state index in [1.54, 1.807) is 13.8 Å². The predicted molar refractivity (Wildman–Crippen MR) is 55.0 cm³/mol. The second-order valence-electron chi connectivity index (χ2n) is 3.12. The molecule has 0 N–H and O–H groups in total. The molecule has 1 rings (SSSR count). The molecule has 1 atom stereocenters. The molecule has 0 aliphatic rings. The molecule has 0 aliphatic carbocycles. The van der Waals surface area contributed by atoms with Gasteiger partial charge in [0, 0.05) is 6.92 Å². The summed E-state index contributed by atoms with van der Waals surface area (Å²) < 4.78 is 4.84. The number of hydrogen-bond donors (Lipinski definition) is 0. The molecule has 0 aromatic carbocycles. The molecular formula is C9H14N4O3. The minimum absolute atomic E-state index is 0.270. The minimum Gasteiger partial charge on any atom is -0.464 e. The summed E-state index contributed by atoms with van der Waals surface area (Å²) in [6.45, 7) is 4.89. The van der Waals surface area contributed by atoms with Gasteiger partial charge in [0.1, 0.15) is 6.04 Å². The highest BCUT2D eigenvalue weighted by Crippen LogP contribution is 2.01. The number of ether oxygens (including phenoxy) is 1. The zero-order valence-electron chi connectivity index (χ0n) is 9.45. The predicted octanol–water partition coefficient (Wildman–Crippen LogP) is -0.286. The van der Waals surface area contributed by atoms with Crippen molar-refractivity contribution in [2.75, 3.05) is 11.6 Å². The number of aromatic nitrogens is 3. The molecule has 7 heteroatoms. The van der Waals surface area contributed by atoms with Gasteiger partial charge in [0.05, 0.1) is 19.0 Å². The van der Waals surface area contributed by atoms with Crippen LogP contribution >= 0.6 is 0 Å². The highest BCUT2D eigenvalue weighted by molar-refractivity contribution is 5.91. The van der Waals surface area contributed by atoms with Crippen LogP contribution in [-0.4, -0.2) is 39.6 Å². The summed E-state index contributed by atoms with van der Waals surface area (Å²) in [7, 11) is 0. The Morgan fingerprint density at radius 3 is 2.69 bits per heavy atom. The van der Waals surface area contributed by atoms with E-state index >= 15 is 0 Å². The van der Waals surface area contributed by atoms with Crippen molar-refractivity contribution < 1.29 is 14.3 Å². The van der Waals surface area contributed by atoms with Crippen molar-refractivity contribution in [2.45, 2.75) is 26.8 Å². The SMILES string of the molecule is CCOC(=O)[C@H](C)N(C(C)=O)n1ccnn1. The lowest BCUT2D eigenvalue weighted by molar-refractivity contribution is -0.146. The fraction of sp³-hybridized carbons (Fsp3) is 0.556. The summed E-state index contributed by atoms with van der Waals surface area (Å²) >= 11 is 0. The summed E-state index contributed by atoms with van der Waals surface area (Å²) in [6.07, 6.45) is 2.91. The van der Waals surface area contributed by atoms with Gasteiger partial charge in [-0.1, -0.05) is 0 Å². The molecule has 88 valence electrons. The molecule has 7 nitrogen and oxygen atoms in total. The Hall–Kier alpha value is -1.92. The number of esters is 1. The van der Waals surface area contributed by atoms with Crippen molar-refractivity contribution >= 4 is 11.9 Å². The Kier molecular flexibility index (Phi) is 3.98. The fourth-order valence-electron chi connectivity index (χ4n) is 1.27. The normalized spacial score (nSPS) is 11.9. The topological polar surface area (TPSA) is 77.3 Å². The monoisotopic (exact) mass is 226 g/mol. The maximum atomic E-state index is 11.5. The van der Waals surface area contributed by atoms with Crippen LogP contribution in [0.5, 0.6) is 0 Å². The van der Waals surface area contributed by atoms with Crippen molar-refractivity contribution in [2.24, 2.45) is 0 Å². The third-order valence-corrected chi connectivity index (χ3v) is 1.95. The lowest BCUT2D eigenvalue weighted by Crippen LogP contribution is -2.50. The Morgan fingerprint density at radius 1 is 1.56 bits per heavy atom. The molecule has 1 aromatic rings. The highest BCUT2D eigenvalue weighted by atomic mass is 16.5. The van der Waals surface area contributed by atoms with Crippen LogP contribution < -0.4 is 5.01 Å². The van der Waals surface area contributed by atoms with E-state index in [4.69, 9.17) is 4.74 Å². The molecule has 1 heterocycles. The van der Waals surface area contributed by atoms with Gasteiger partial charge in [-0.2, -0.15) is 4.79 Å². The molecule has 1 aromatic heterocycles. The fourth-order valence-corrected chi connectivity index (χ4v) is 1.27. The van der Waals surface area contributed by atoms with Gasteiger partial charge in [-0.15, -0.1) is 5.10 Å². The molecule has 0 saturated heterocycles. The second-order valence-corrected chi connectivity index (χ2v) is 3.12. The smallest absolute Gasteiger partial charge is 0.330 e. The van der Waals surface area contributed by atoms with Gasteiger partial charge >= 0.3 is 5.97 Å². The zero-order chi connectivity index (χ0) is 12.1. The van der Waals surface area contributed by atoms with Crippen molar-refractivity contribution in [1.29, 1.82) is 0 Å². The number of carbonyl (C=O) groups excluding carboxylic acids is 2. The lowest BCUT2D eigenvalue weighted by atomic mass is 10.3. The van der Waals surface area contributed by atoms with Crippen LogP contribution in [0.2, 0.25) is 0 Å². The average Bonchev–Trinajstić information content (AvgIpc) is 2.71. The van der Waals surface area contributed by atoms with E-state index in [2.05, 4.69) is 10.3 Å². The summed E-state index contributed by atoms with van der Waals surface area (Å²) in [5.41, 5.74) is 0. The Bertz CT molecular complexity index is 363. The molecule has 0 spiro atoms. The summed E-state index contributed by atoms with van der Waals surface area (Å²) in [6, 6.07) is -0.737. The largest absolute Gasteiger partial charge is 0.464 e. The van der Waals surface area contributed by atoms with E-state index in [9.17, 15) is 9.59 Å². The third-order valence-electron chi connectivity index (χ3n) is 1.95.